The molecular weight excluding hydrogens is 459 g/mol. The Morgan fingerprint density at radius 3 is 2.48 bits per heavy atom. The van der Waals surface area contributed by atoms with Crippen molar-refractivity contribution < 1.29 is 33.0 Å². The minimum Gasteiger partial charge on any atom is -0.480 e. The number of nitrogens with two attached hydrogens (primary N) is 1. The van der Waals surface area contributed by atoms with Gasteiger partial charge in [-0.1, -0.05) is 6.92 Å². The van der Waals surface area contributed by atoms with Gasteiger partial charge in [-0.2, -0.15) is 11.8 Å². The summed E-state index contributed by atoms with van der Waals surface area (Å²) < 4.78 is 40.6. The number of carbonyl (C=O) groups excluding carboxylic acids is 1. The van der Waals surface area contributed by atoms with Gasteiger partial charge < -0.3 is 20.8 Å². The highest BCUT2D eigenvalue weighted by molar-refractivity contribution is 8.00. The molecule has 182 valence electrons. The van der Waals surface area contributed by atoms with Crippen molar-refractivity contribution in [3.63, 3.8) is 0 Å². The third-order valence-corrected chi connectivity index (χ3v) is 8.94. The van der Waals surface area contributed by atoms with Crippen LogP contribution in [0.3, 0.4) is 0 Å². The van der Waals surface area contributed by atoms with Crippen molar-refractivity contribution in [3.05, 3.63) is 35.1 Å². The van der Waals surface area contributed by atoms with Gasteiger partial charge in [0.25, 0.3) is 0 Å². The summed E-state index contributed by atoms with van der Waals surface area (Å²) >= 11 is 1.50. The van der Waals surface area contributed by atoms with Crippen molar-refractivity contribution >= 4 is 23.6 Å². The molecule has 0 bridgehead atoms. The Morgan fingerprint density at radius 2 is 1.94 bits per heavy atom. The molecule has 0 spiro atoms. The number of benzene rings is 1. The number of hydrogen-bond donors (Lipinski definition) is 3. The van der Waals surface area contributed by atoms with Gasteiger partial charge in [0.2, 0.25) is 5.91 Å². The zero-order valence-electron chi connectivity index (χ0n) is 18.3. The molecule has 1 aromatic rings. The van der Waals surface area contributed by atoms with E-state index in [9.17, 15) is 33.0 Å². The number of aliphatic hydroxyl groups excluding tert-OH is 1. The minimum absolute atomic E-state index is 0.00166. The van der Waals surface area contributed by atoms with E-state index in [-0.39, 0.29) is 41.0 Å². The number of aliphatic hydroxyl groups is 1. The highest BCUT2D eigenvalue weighted by Crippen LogP contribution is 2.50. The third kappa shape index (κ3) is 4.13. The van der Waals surface area contributed by atoms with Gasteiger partial charge in [-0.05, 0) is 37.0 Å². The fraction of sp³-hybridized carbons (Fsp3) is 0.636. The molecule has 11 heteroatoms. The number of likely N-dealkylation sites (tertiary alicyclic amines) is 1. The quantitative estimate of drug-likeness (QED) is 0.395. The van der Waals surface area contributed by atoms with E-state index in [1.54, 1.807) is 6.92 Å². The molecule has 3 fully saturated rings. The average molecular weight is 488 g/mol. The standard InChI is InChI=1S/C22H28F3N3O4S/c1-9-18-16(10(2)29)21(30)28(18)19(22(31)32)20(9)33-13-5-12(6-26)27(8-13)7-11-3-14(23)17(25)15(24)4-11/h3-4,9-10,12-13,16,18-20,29H,5-8,26H2,1-2H3,(H,31,32)/t9-,10-,12+,13+,16-,18?,19?,20?/m1/s1. The molecule has 4 N–H and O–H groups in total. The third-order valence-electron chi connectivity index (χ3n) is 7.21. The number of hydrogen-bond acceptors (Lipinski definition) is 6. The van der Waals surface area contributed by atoms with Crippen LogP contribution in [0.25, 0.3) is 0 Å². The number of rotatable bonds is 7. The number of carboxylic acids is 1. The van der Waals surface area contributed by atoms with E-state index in [0.717, 1.165) is 12.1 Å². The van der Waals surface area contributed by atoms with Crippen molar-refractivity contribution in [3.8, 4) is 0 Å². The van der Waals surface area contributed by atoms with Crippen molar-refractivity contribution in [2.75, 3.05) is 13.1 Å². The number of aliphatic carboxylic acids is 1. The molecule has 0 aromatic heterocycles. The van der Waals surface area contributed by atoms with Crippen LogP contribution in [-0.2, 0) is 16.1 Å². The van der Waals surface area contributed by atoms with Crippen LogP contribution in [0.4, 0.5) is 13.2 Å². The molecule has 3 heterocycles. The molecule has 0 aliphatic carbocycles. The molecule has 3 aliphatic rings. The van der Waals surface area contributed by atoms with E-state index in [0.29, 0.717) is 25.1 Å². The molecule has 8 atom stereocenters. The summed E-state index contributed by atoms with van der Waals surface area (Å²) in [6.45, 7) is 4.47. The van der Waals surface area contributed by atoms with E-state index >= 15 is 0 Å². The average Bonchev–Trinajstić information content (AvgIpc) is 3.22. The normalized spacial score (nSPS) is 34.9. The molecule has 1 amide bonds. The number of nitrogens with zero attached hydrogens (tertiary/aromatic N) is 2. The first-order valence-corrected chi connectivity index (χ1v) is 12.0. The lowest BCUT2D eigenvalue weighted by Gasteiger charge is -2.47. The summed E-state index contributed by atoms with van der Waals surface area (Å²) in [4.78, 5) is 28.0. The van der Waals surface area contributed by atoms with Gasteiger partial charge in [0.15, 0.2) is 17.5 Å². The zero-order chi connectivity index (χ0) is 24.2. The maximum Gasteiger partial charge on any atom is 0.327 e. The van der Waals surface area contributed by atoms with E-state index in [4.69, 9.17) is 5.73 Å². The zero-order valence-corrected chi connectivity index (χ0v) is 19.1. The van der Waals surface area contributed by atoms with Gasteiger partial charge in [0, 0.05) is 36.2 Å². The van der Waals surface area contributed by atoms with Gasteiger partial charge in [0.05, 0.1) is 18.1 Å². The molecular formula is C22H28F3N3O4S. The van der Waals surface area contributed by atoms with Crippen LogP contribution in [0.5, 0.6) is 0 Å². The summed E-state index contributed by atoms with van der Waals surface area (Å²) in [5.41, 5.74) is 6.22. The lowest BCUT2D eigenvalue weighted by atomic mass is 9.79. The highest BCUT2D eigenvalue weighted by Gasteiger charge is 2.64. The first-order chi connectivity index (χ1) is 15.5. The first-order valence-electron chi connectivity index (χ1n) is 11.0. The molecule has 4 rings (SSSR count). The predicted octanol–water partition coefficient (Wildman–Crippen LogP) is 1.42. The van der Waals surface area contributed by atoms with Crippen LogP contribution in [0.1, 0.15) is 25.8 Å². The molecule has 3 aliphatic heterocycles. The number of halogens is 3. The number of thioether (sulfide) groups is 1. The van der Waals surface area contributed by atoms with Crippen LogP contribution >= 0.6 is 11.8 Å². The Morgan fingerprint density at radius 1 is 1.30 bits per heavy atom. The molecule has 0 saturated carbocycles. The van der Waals surface area contributed by atoms with Crippen molar-refractivity contribution in [2.24, 2.45) is 17.6 Å². The Balaban J connectivity index is 1.48. The first kappa shape index (κ1) is 24.3. The van der Waals surface area contributed by atoms with Gasteiger partial charge in [-0.15, -0.1) is 0 Å². The fourth-order valence-corrected chi connectivity index (χ4v) is 7.54. The topological polar surface area (TPSA) is 107 Å². The monoisotopic (exact) mass is 487 g/mol. The van der Waals surface area contributed by atoms with Crippen LogP contribution in [0, 0.1) is 29.3 Å². The number of amides is 1. The summed E-state index contributed by atoms with van der Waals surface area (Å²) in [5.74, 6) is -6.11. The van der Waals surface area contributed by atoms with Crippen LogP contribution < -0.4 is 5.73 Å². The van der Waals surface area contributed by atoms with Crippen LogP contribution in [0.15, 0.2) is 12.1 Å². The minimum atomic E-state index is -1.51. The molecule has 33 heavy (non-hydrogen) atoms. The van der Waals surface area contributed by atoms with Crippen molar-refractivity contribution in [1.82, 2.24) is 9.80 Å². The Labute approximate surface area is 194 Å². The maximum absolute atomic E-state index is 13.6. The number of carbonyl (C=O) groups is 2. The second-order valence-corrected chi connectivity index (χ2v) is 10.8. The van der Waals surface area contributed by atoms with E-state index in [1.807, 2.05) is 11.8 Å². The lowest BCUT2D eigenvalue weighted by Crippen LogP contribution is -2.65. The molecule has 7 nitrogen and oxygen atoms in total. The number of fused-ring (bicyclic) bond motifs is 1. The summed E-state index contributed by atoms with van der Waals surface area (Å²) in [6.07, 6.45) is -0.194. The van der Waals surface area contributed by atoms with Gasteiger partial charge in [-0.25, -0.2) is 18.0 Å². The lowest BCUT2D eigenvalue weighted by molar-refractivity contribution is -0.170. The highest BCUT2D eigenvalue weighted by atomic mass is 32.2. The second kappa shape index (κ2) is 9.09. The summed E-state index contributed by atoms with van der Waals surface area (Å²) in [7, 11) is 0. The van der Waals surface area contributed by atoms with Crippen LogP contribution in [0.2, 0.25) is 0 Å². The van der Waals surface area contributed by atoms with E-state index in [1.165, 1.54) is 16.7 Å². The Bertz CT molecular complexity index is 928. The predicted molar refractivity (Wildman–Crippen MR) is 116 cm³/mol. The fourth-order valence-electron chi connectivity index (χ4n) is 5.68. The summed E-state index contributed by atoms with van der Waals surface area (Å²) in [6, 6.07) is 0.576. The second-order valence-electron chi connectivity index (χ2n) is 9.30. The molecule has 1 aromatic carbocycles. The Hall–Kier alpha value is -1.82. The van der Waals surface area contributed by atoms with Gasteiger partial charge in [-0.3, -0.25) is 9.69 Å². The summed E-state index contributed by atoms with van der Waals surface area (Å²) in [5, 5.41) is 19.5. The molecule has 3 saturated heterocycles. The van der Waals surface area contributed by atoms with E-state index in [2.05, 4.69) is 0 Å². The SMILES string of the molecule is C[C@H]1C(S[C@H]2C[C@@H](CN)N(Cc3cc(F)c(F)c(F)c3)C2)C(C(=O)O)N2C(=O)[C@H]([C@@H](C)O)C12. The van der Waals surface area contributed by atoms with Gasteiger partial charge >= 0.3 is 5.97 Å². The van der Waals surface area contributed by atoms with Gasteiger partial charge in [0.1, 0.15) is 6.04 Å². The Kier molecular flexibility index (Phi) is 6.69. The largest absolute Gasteiger partial charge is 0.480 e. The maximum atomic E-state index is 13.6. The number of carboxylic acid groups (broad SMARTS) is 1. The smallest absolute Gasteiger partial charge is 0.327 e. The molecule has 3 unspecified atom stereocenters. The molecule has 0 radical (unpaired) electrons. The van der Waals surface area contributed by atoms with Crippen LogP contribution in [-0.4, -0.2) is 79.7 Å². The van der Waals surface area contributed by atoms with E-state index < -0.39 is 41.5 Å². The van der Waals surface area contributed by atoms with Crippen molar-refractivity contribution in [1.29, 1.82) is 0 Å². The number of β-lactam (4-membered cyclic amide) rings is 1. The van der Waals surface area contributed by atoms with Crippen molar-refractivity contribution in [2.45, 2.75) is 61.5 Å².